The predicted octanol–water partition coefficient (Wildman–Crippen LogP) is 4.97. The van der Waals surface area contributed by atoms with Gasteiger partial charge in [-0.15, -0.1) is 0 Å². The topological polar surface area (TPSA) is 36.4 Å². The van der Waals surface area contributed by atoms with E-state index in [4.69, 9.17) is 0 Å². The Kier molecular flexibility index (Phi) is 6.45. The average molecular weight is 442 g/mol. The summed E-state index contributed by atoms with van der Waals surface area (Å²) < 4.78 is 0. The average Bonchev–Trinajstić information content (AvgIpc) is 2.86. The zero-order valence-electron chi connectivity index (χ0n) is 19.7. The molecule has 5 rings (SSSR count). The van der Waals surface area contributed by atoms with E-state index < -0.39 is 0 Å². The summed E-state index contributed by atoms with van der Waals surface area (Å²) in [5.74, 6) is 1.04. The number of rotatable bonds is 5. The van der Waals surface area contributed by atoms with Gasteiger partial charge < -0.3 is 9.80 Å². The molecule has 0 saturated carbocycles. The first-order valence-corrected chi connectivity index (χ1v) is 12.5. The molecular weight excluding hydrogens is 406 g/mol. The standard InChI is InChI=1S/C29H35N3O/c1-31-18-13-29(14-19-31,22-24-6-3-2-4-7-24)28(33)32-16-11-23(12-17-32)20-25-9-10-27-26(21-25)8-5-15-30-27/h2-10,15,21,23H,11-14,16-20,22H2,1H3. The van der Waals surface area contributed by atoms with Crippen LogP contribution in [0.25, 0.3) is 10.9 Å². The number of amides is 1. The molecule has 0 unspecified atom stereocenters. The van der Waals surface area contributed by atoms with Gasteiger partial charge >= 0.3 is 0 Å². The van der Waals surface area contributed by atoms with Crippen molar-refractivity contribution in [3.63, 3.8) is 0 Å². The van der Waals surface area contributed by atoms with E-state index in [-0.39, 0.29) is 5.41 Å². The molecule has 2 saturated heterocycles. The minimum absolute atomic E-state index is 0.244. The lowest BCUT2D eigenvalue weighted by molar-refractivity contribution is -0.146. The first kappa shape index (κ1) is 22.1. The molecular formula is C29H35N3O. The SMILES string of the molecule is CN1CCC(Cc2ccccc2)(C(=O)N2CCC(Cc3ccc4ncccc4c3)CC2)CC1. The number of hydrogen-bond donors (Lipinski definition) is 0. The van der Waals surface area contributed by atoms with Gasteiger partial charge in [0.05, 0.1) is 10.9 Å². The van der Waals surface area contributed by atoms with E-state index in [2.05, 4.69) is 76.4 Å². The molecule has 0 radical (unpaired) electrons. The Morgan fingerprint density at radius 1 is 0.939 bits per heavy atom. The molecule has 0 N–H and O–H groups in total. The van der Waals surface area contributed by atoms with Crippen LogP contribution in [0.15, 0.2) is 66.9 Å². The second-order valence-electron chi connectivity index (χ2n) is 10.2. The van der Waals surface area contributed by atoms with Gasteiger partial charge in [-0.05, 0) is 93.9 Å². The number of aromatic nitrogens is 1. The lowest BCUT2D eigenvalue weighted by atomic mass is 9.72. The van der Waals surface area contributed by atoms with Gasteiger partial charge in [0.1, 0.15) is 0 Å². The van der Waals surface area contributed by atoms with Crippen LogP contribution >= 0.6 is 0 Å². The quantitative estimate of drug-likeness (QED) is 0.561. The predicted molar refractivity (Wildman–Crippen MR) is 134 cm³/mol. The van der Waals surface area contributed by atoms with E-state index >= 15 is 0 Å². The number of benzene rings is 2. The van der Waals surface area contributed by atoms with Crippen LogP contribution in [0.3, 0.4) is 0 Å². The molecule has 4 heteroatoms. The summed E-state index contributed by atoms with van der Waals surface area (Å²) in [7, 11) is 2.17. The summed E-state index contributed by atoms with van der Waals surface area (Å²) in [6.45, 7) is 3.80. The number of nitrogens with zero attached hydrogens (tertiary/aromatic N) is 3. The first-order valence-electron chi connectivity index (χ1n) is 12.5. The zero-order chi connectivity index (χ0) is 22.7. The van der Waals surface area contributed by atoms with Crippen LogP contribution in [0.5, 0.6) is 0 Å². The lowest BCUT2D eigenvalue weighted by Gasteiger charge is -2.44. The highest BCUT2D eigenvalue weighted by Crippen LogP contribution is 2.38. The lowest BCUT2D eigenvalue weighted by Crippen LogP contribution is -2.52. The molecule has 0 spiro atoms. The summed E-state index contributed by atoms with van der Waals surface area (Å²) >= 11 is 0. The van der Waals surface area contributed by atoms with Crippen LogP contribution in [0, 0.1) is 11.3 Å². The second-order valence-corrected chi connectivity index (χ2v) is 10.2. The molecule has 1 amide bonds. The maximum atomic E-state index is 13.9. The van der Waals surface area contributed by atoms with Crippen LogP contribution in [0.2, 0.25) is 0 Å². The van der Waals surface area contributed by atoms with Gasteiger partial charge in [0.25, 0.3) is 0 Å². The van der Waals surface area contributed by atoms with Gasteiger partial charge in [0, 0.05) is 24.7 Å². The highest BCUT2D eigenvalue weighted by Gasteiger charge is 2.43. The van der Waals surface area contributed by atoms with Gasteiger partial charge in [-0.1, -0.05) is 42.5 Å². The Labute approximate surface area is 197 Å². The van der Waals surface area contributed by atoms with Gasteiger partial charge in [0.2, 0.25) is 5.91 Å². The van der Waals surface area contributed by atoms with Crippen molar-refractivity contribution in [2.45, 2.75) is 38.5 Å². The fourth-order valence-electron chi connectivity index (χ4n) is 5.76. The van der Waals surface area contributed by atoms with E-state index in [1.165, 1.54) is 16.5 Å². The van der Waals surface area contributed by atoms with Crippen molar-refractivity contribution in [3.05, 3.63) is 78.0 Å². The number of carbonyl (C=O) groups excluding carboxylic acids is 1. The molecule has 2 fully saturated rings. The Balaban J connectivity index is 1.24. The van der Waals surface area contributed by atoms with Crippen molar-refractivity contribution in [3.8, 4) is 0 Å². The molecule has 2 aliphatic rings. The minimum Gasteiger partial charge on any atom is -0.342 e. The smallest absolute Gasteiger partial charge is 0.229 e. The minimum atomic E-state index is -0.244. The van der Waals surface area contributed by atoms with E-state index in [0.717, 1.165) is 70.2 Å². The monoisotopic (exact) mass is 441 g/mol. The van der Waals surface area contributed by atoms with Gasteiger partial charge in [-0.3, -0.25) is 9.78 Å². The summed E-state index contributed by atoms with van der Waals surface area (Å²) in [6, 6.07) is 21.4. The van der Waals surface area contributed by atoms with Gasteiger partial charge in [-0.2, -0.15) is 0 Å². The van der Waals surface area contributed by atoms with E-state index in [0.29, 0.717) is 11.8 Å². The van der Waals surface area contributed by atoms with Crippen LogP contribution in [0.1, 0.15) is 36.8 Å². The summed E-state index contributed by atoms with van der Waals surface area (Å²) in [6.07, 6.45) is 7.92. The Bertz CT molecular complexity index is 1080. The van der Waals surface area contributed by atoms with Crippen molar-refractivity contribution < 1.29 is 4.79 Å². The van der Waals surface area contributed by atoms with E-state index in [9.17, 15) is 4.79 Å². The summed E-state index contributed by atoms with van der Waals surface area (Å²) in [4.78, 5) is 22.9. The van der Waals surface area contributed by atoms with Gasteiger partial charge in [0.15, 0.2) is 0 Å². The number of fused-ring (bicyclic) bond motifs is 1. The molecule has 0 aliphatic carbocycles. The third-order valence-corrected chi connectivity index (χ3v) is 7.88. The maximum absolute atomic E-state index is 13.9. The molecule has 3 aromatic rings. The number of hydrogen-bond acceptors (Lipinski definition) is 3. The van der Waals surface area contributed by atoms with Crippen LogP contribution in [-0.4, -0.2) is 53.9 Å². The molecule has 3 heterocycles. The van der Waals surface area contributed by atoms with E-state index in [1.807, 2.05) is 12.3 Å². The number of carbonyl (C=O) groups is 1. The fraction of sp³-hybridized carbons (Fsp3) is 0.448. The van der Waals surface area contributed by atoms with Crippen LogP contribution < -0.4 is 0 Å². The Hall–Kier alpha value is -2.72. The van der Waals surface area contributed by atoms with Crippen molar-refractivity contribution >= 4 is 16.8 Å². The van der Waals surface area contributed by atoms with Crippen LogP contribution in [-0.2, 0) is 17.6 Å². The Morgan fingerprint density at radius 2 is 1.70 bits per heavy atom. The molecule has 1 aromatic heterocycles. The van der Waals surface area contributed by atoms with E-state index in [1.54, 1.807) is 0 Å². The molecule has 0 atom stereocenters. The number of likely N-dealkylation sites (tertiary alicyclic amines) is 2. The summed E-state index contributed by atoms with van der Waals surface area (Å²) in [5.41, 5.74) is 3.49. The number of piperidine rings is 2. The summed E-state index contributed by atoms with van der Waals surface area (Å²) in [5, 5.41) is 1.22. The normalized spacial score (nSPS) is 19.6. The van der Waals surface area contributed by atoms with Crippen molar-refractivity contribution in [2.75, 3.05) is 33.2 Å². The second kappa shape index (κ2) is 9.64. The molecule has 2 aliphatic heterocycles. The highest BCUT2D eigenvalue weighted by atomic mass is 16.2. The molecule has 2 aromatic carbocycles. The number of pyridine rings is 1. The third-order valence-electron chi connectivity index (χ3n) is 7.88. The third kappa shape index (κ3) is 4.96. The molecule has 172 valence electrons. The van der Waals surface area contributed by atoms with Crippen LogP contribution in [0.4, 0.5) is 0 Å². The Morgan fingerprint density at radius 3 is 2.45 bits per heavy atom. The zero-order valence-corrected chi connectivity index (χ0v) is 19.7. The molecule has 33 heavy (non-hydrogen) atoms. The largest absolute Gasteiger partial charge is 0.342 e. The molecule has 4 nitrogen and oxygen atoms in total. The van der Waals surface area contributed by atoms with Crippen molar-refractivity contribution in [1.82, 2.24) is 14.8 Å². The maximum Gasteiger partial charge on any atom is 0.229 e. The fourth-order valence-corrected chi connectivity index (χ4v) is 5.76. The molecule has 0 bridgehead atoms. The van der Waals surface area contributed by atoms with Crippen molar-refractivity contribution in [1.29, 1.82) is 0 Å². The first-order chi connectivity index (χ1) is 16.1. The highest BCUT2D eigenvalue weighted by molar-refractivity contribution is 5.83. The van der Waals surface area contributed by atoms with Gasteiger partial charge in [-0.25, -0.2) is 0 Å². The van der Waals surface area contributed by atoms with Crippen molar-refractivity contribution in [2.24, 2.45) is 11.3 Å².